The van der Waals surface area contributed by atoms with E-state index >= 15 is 0 Å². The number of ether oxygens (including phenoxy) is 1. The van der Waals surface area contributed by atoms with E-state index in [0.717, 1.165) is 17.1 Å². The highest BCUT2D eigenvalue weighted by molar-refractivity contribution is 5.94. The zero-order chi connectivity index (χ0) is 16.4. The Morgan fingerprint density at radius 2 is 2.00 bits per heavy atom. The molecule has 23 heavy (non-hydrogen) atoms. The summed E-state index contributed by atoms with van der Waals surface area (Å²) in [5, 5.41) is 2.91. The second kappa shape index (κ2) is 5.83. The highest BCUT2D eigenvalue weighted by atomic mass is 16.5. The number of amides is 1. The predicted molar refractivity (Wildman–Crippen MR) is 92.8 cm³/mol. The van der Waals surface area contributed by atoms with Crippen molar-refractivity contribution in [3.8, 4) is 5.75 Å². The van der Waals surface area contributed by atoms with E-state index in [4.69, 9.17) is 10.5 Å². The smallest absolute Gasteiger partial charge is 0.243 e. The van der Waals surface area contributed by atoms with Gasteiger partial charge in [-0.1, -0.05) is 18.2 Å². The quantitative estimate of drug-likeness (QED) is 0.855. The molecular formula is C18H21N3O2. The van der Waals surface area contributed by atoms with E-state index in [0.29, 0.717) is 12.2 Å². The maximum atomic E-state index is 12.4. The molecule has 0 saturated heterocycles. The van der Waals surface area contributed by atoms with Crippen LogP contribution in [0.5, 0.6) is 5.75 Å². The number of nitrogens with zero attached hydrogens (tertiary/aromatic N) is 1. The van der Waals surface area contributed by atoms with Crippen LogP contribution in [0.4, 0.5) is 17.1 Å². The fourth-order valence-electron chi connectivity index (χ4n) is 2.78. The van der Waals surface area contributed by atoms with Crippen LogP contribution < -0.4 is 20.7 Å². The molecule has 5 heteroatoms. The van der Waals surface area contributed by atoms with Gasteiger partial charge in [-0.15, -0.1) is 0 Å². The first-order valence-corrected chi connectivity index (χ1v) is 7.61. The average Bonchev–Trinajstić information content (AvgIpc) is 2.48. The number of hydrogen-bond acceptors (Lipinski definition) is 4. The van der Waals surface area contributed by atoms with Crippen LogP contribution in [0.15, 0.2) is 48.5 Å². The maximum absolute atomic E-state index is 12.4. The molecule has 1 heterocycles. The number of carbonyl (C=O) groups is 1. The molecule has 0 fully saturated rings. The Hall–Kier alpha value is -2.69. The molecule has 2 aromatic carbocycles. The minimum absolute atomic E-state index is 0.0673. The van der Waals surface area contributed by atoms with E-state index in [1.54, 1.807) is 0 Å². The third-order valence-corrected chi connectivity index (χ3v) is 3.67. The SMILES string of the molecule is CC1(C)CN(CC(=O)Nc2ccccc2)c2cc(N)ccc2O1. The Bertz CT molecular complexity index is 713. The molecule has 2 aromatic rings. The molecule has 1 aliphatic heterocycles. The van der Waals surface area contributed by atoms with Gasteiger partial charge in [-0.2, -0.15) is 0 Å². The van der Waals surface area contributed by atoms with Crippen molar-refractivity contribution in [2.24, 2.45) is 0 Å². The van der Waals surface area contributed by atoms with Crippen molar-refractivity contribution < 1.29 is 9.53 Å². The molecule has 0 bridgehead atoms. The van der Waals surface area contributed by atoms with Crippen molar-refractivity contribution >= 4 is 23.0 Å². The third-order valence-electron chi connectivity index (χ3n) is 3.67. The van der Waals surface area contributed by atoms with Crippen LogP contribution >= 0.6 is 0 Å². The minimum atomic E-state index is -0.365. The van der Waals surface area contributed by atoms with Crippen molar-refractivity contribution in [2.45, 2.75) is 19.4 Å². The van der Waals surface area contributed by atoms with Crippen LogP contribution in [0.25, 0.3) is 0 Å². The Labute approximate surface area is 136 Å². The van der Waals surface area contributed by atoms with Gasteiger partial charge in [0.05, 0.1) is 18.8 Å². The predicted octanol–water partition coefficient (Wildman–Crippen LogP) is 2.88. The van der Waals surface area contributed by atoms with E-state index in [9.17, 15) is 4.79 Å². The molecule has 1 amide bonds. The first kappa shape index (κ1) is 15.2. The highest BCUT2D eigenvalue weighted by Crippen LogP contribution is 2.38. The monoisotopic (exact) mass is 311 g/mol. The number of anilines is 3. The summed E-state index contributed by atoms with van der Waals surface area (Å²) >= 11 is 0. The summed E-state index contributed by atoms with van der Waals surface area (Å²) in [5.41, 5.74) is 7.82. The van der Waals surface area contributed by atoms with E-state index in [2.05, 4.69) is 5.32 Å². The zero-order valence-electron chi connectivity index (χ0n) is 13.4. The molecule has 3 N–H and O–H groups in total. The molecule has 120 valence electrons. The number of nitrogens with one attached hydrogen (secondary N) is 1. The number of benzene rings is 2. The van der Waals surface area contributed by atoms with E-state index < -0.39 is 0 Å². The van der Waals surface area contributed by atoms with Gasteiger partial charge >= 0.3 is 0 Å². The lowest BCUT2D eigenvalue weighted by molar-refractivity contribution is -0.115. The summed E-state index contributed by atoms with van der Waals surface area (Å²) in [6.45, 7) is 4.88. The first-order chi connectivity index (χ1) is 10.9. The van der Waals surface area contributed by atoms with E-state index in [1.807, 2.05) is 67.3 Å². The van der Waals surface area contributed by atoms with Gasteiger partial charge in [0.2, 0.25) is 5.91 Å². The van der Waals surface area contributed by atoms with Crippen LogP contribution in [0.1, 0.15) is 13.8 Å². The number of rotatable bonds is 3. The van der Waals surface area contributed by atoms with Crippen LogP contribution in [-0.2, 0) is 4.79 Å². The molecule has 0 unspecified atom stereocenters. The van der Waals surface area contributed by atoms with Gasteiger partial charge in [-0.3, -0.25) is 4.79 Å². The van der Waals surface area contributed by atoms with Gasteiger partial charge in [0.25, 0.3) is 0 Å². The summed E-state index contributed by atoms with van der Waals surface area (Å²) in [7, 11) is 0. The number of para-hydroxylation sites is 1. The average molecular weight is 311 g/mol. The van der Waals surface area contributed by atoms with Crippen molar-refractivity contribution in [1.29, 1.82) is 0 Å². The third kappa shape index (κ3) is 3.56. The highest BCUT2D eigenvalue weighted by Gasteiger charge is 2.32. The van der Waals surface area contributed by atoms with Crippen molar-refractivity contribution in [3.05, 3.63) is 48.5 Å². The fourth-order valence-corrected chi connectivity index (χ4v) is 2.78. The van der Waals surface area contributed by atoms with Crippen molar-refractivity contribution in [1.82, 2.24) is 0 Å². The standard InChI is InChI=1S/C18H21N3O2/c1-18(2)12-21(15-10-13(19)8-9-16(15)23-18)11-17(22)20-14-6-4-3-5-7-14/h3-10H,11-12,19H2,1-2H3,(H,20,22). The molecule has 0 radical (unpaired) electrons. The van der Waals surface area contributed by atoms with Crippen LogP contribution in [-0.4, -0.2) is 24.6 Å². The number of nitrogen functional groups attached to an aromatic ring is 1. The van der Waals surface area contributed by atoms with Gasteiger partial charge in [-0.25, -0.2) is 0 Å². The summed E-state index contributed by atoms with van der Waals surface area (Å²) in [5.74, 6) is 0.685. The van der Waals surface area contributed by atoms with Gasteiger partial charge in [-0.05, 0) is 44.2 Å². The van der Waals surface area contributed by atoms with Crippen molar-refractivity contribution in [3.63, 3.8) is 0 Å². The molecule has 5 nitrogen and oxygen atoms in total. The zero-order valence-corrected chi connectivity index (χ0v) is 13.4. The molecule has 0 atom stereocenters. The summed E-state index contributed by atoms with van der Waals surface area (Å²) in [4.78, 5) is 14.4. The summed E-state index contributed by atoms with van der Waals surface area (Å²) in [6, 6.07) is 14.9. The molecule has 3 rings (SSSR count). The van der Waals surface area contributed by atoms with Crippen LogP contribution in [0, 0.1) is 0 Å². The molecular weight excluding hydrogens is 290 g/mol. The Morgan fingerprint density at radius 1 is 1.26 bits per heavy atom. The number of nitrogens with two attached hydrogens (primary N) is 1. The van der Waals surface area contributed by atoms with Gasteiger partial charge < -0.3 is 20.7 Å². The van der Waals surface area contributed by atoms with Crippen LogP contribution in [0.3, 0.4) is 0 Å². The summed E-state index contributed by atoms with van der Waals surface area (Å²) < 4.78 is 5.98. The van der Waals surface area contributed by atoms with E-state index in [-0.39, 0.29) is 18.1 Å². The summed E-state index contributed by atoms with van der Waals surface area (Å²) in [6.07, 6.45) is 0. The van der Waals surface area contributed by atoms with Crippen molar-refractivity contribution in [2.75, 3.05) is 29.0 Å². The second-order valence-electron chi connectivity index (χ2n) is 6.36. The fraction of sp³-hybridized carbons (Fsp3) is 0.278. The first-order valence-electron chi connectivity index (χ1n) is 7.61. The molecule has 0 spiro atoms. The number of carbonyl (C=O) groups excluding carboxylic acids is 1. The topological polar surface area (TPSA) is 67.6 Å². The minimum Gasteiger partial charge on any atom is -0.484 e. The van der Waals surface area contributed by atoms with Crippen LogP contribution in [0.2, 0.25) is 0 Å². The van der Waals surface area contributed by atoms with Gasteiger partial charge in [0, 0.05) is 11.4 Å². The number of fused-ring (bicyclic) bond motifs is 1. The maximum Gasteiger partial charge on any atom is 0.243 e. The molecule has 0 saturated carbocycles. The lowest BCUT2D eigenvalue weighted by Gasteiger charge is -2.40. The largest absolute Gasteiger partial charge is 0.484 e. The molecule has 1 aliphatic rings. The van der Waals surface area contributed by atoms with E-state index in [1.165, 1.54) is 0 Å². The Balaban J connectivity index is 1.79. The number of hydrogen-bond donors (Lipinski definition) is 2. The lowest BCUT2D eigenvalue weighted by Crippen LogP contribution is -2.49. The lowest BCUT2D eigenvalue weighted by atomic mass is 10.0. The molecule has 0 aromatic heterocycles. The Morgan fingerprint density at radius 3 is 2.74 bits per heavy atom. The van der Waals surface area contributed by atoms with Gasteiger partial charge in [0.1, 0.15) is 11.4 Å². The normalized spacial score (nSPS) is 15.5. The Kier molecular flexibility index (Phi) is 3.86. The molecule has 0 aliphatic carbocycles. The van der Waals surface area contributed by atoms with Gasteiger partial charge in [0.15, 0.2) is 0 Å². The second-order valence-corrected chi connectivity index (χ2v) is 6.36.